The average Bonchev–Trinajstić information content (AvgIpc) is 2.70. The molecule has 2 aromatic carbocycles. The monoisotopic (exact) mass is 367 g/mol. The van der Waals surface area contributed by atoms with Gasteiger partial charge in [-0.3, -0.25) is 4.79 Å². The molecule has 1 aliphatic rings. The summed E-state index contributed by atoms with van der Waals surface area (Å²) in [4.78, 5) is 26.0. The van der Waals surface area contributed by atoms with Crippen LogP contribution >= 0.6 is 0 Å². The summed E-state index contributed by atoms with van der Waals surface area (Å²) < 4.78 is 10.5. The van der Waals surface area contributed by atoms with Gasteiger partial charge in [-0.1, -0.05) is 42.0 Å². The lowest BCUT2D eigenvalue weighted by molar-refractivity contribution is -0.154. The Morgan fingerprint density at radius 3 is 2.59 bits per heavy atom. The van der Waals surface area contributed by atoms with Gasteiger partial charge in [0.2, 0.25) is 0 Å². The zero-order valence-electron chi connectivity index (χ0n) is 15.8. The smallest absolute Gasteiger partial charge is 0.344 e. The van der Waals surface area contributed by atoms with E-state index >= 15 is 0 Å². The third-order valence-electron chi connectivity index (χ3n) is 4.93. The van der Waals surface area contributed by atoms with E-state index in [4.69, 9.17) is 9.47 Å². The SMILES string of the molecule is Cc1ccc(OCC(=O)OCC(=O)N(C)[C@@H]2CCCc3ccccc32)cc1. The van der Waals surface area contributed by atoms with Gasteiger partial charge in [0.15, 0.2) is 13.2 Å². The van der Waals surface area contributed by atoms with Crippen molar-refractivity contribution in [2.75, 3.05) is 20.3 Å². The van der Waals surface area contributed by atoms with E-state index in [9.17, 15) is 9.59 Å². The first-order valence-corrected chi connectivity index (χ1v) is 9.23. The molecule has 0 spiro atoms. The van der Waals surface area contributed by atoms with Crippen molar-refractivity contribution < 1.29 is 19.1 Å². The molecule has 5 heteroatoms. The van der Waals surface area contributed by atoms with E-state index in [2.05, 4.69) is 12.1 Å². The van der Waals surface area contributed by atoms with Crippen LogP contribution in [0.4, 0.5) is 0 Å². The highest BCUT2D eigenvalue weighted by molar-refractivity contribution is 5.81. The molecule has 0 saturated carbocycles. The van der Waals surface area contributed by atoms with Crippen LogP contribution in [0.15, 0.2) is 48.5 Å². The Bertz CT molecular complexity index is 800. The maximum atomic E-state index is 12.5. The Morgan fingerprint density at radius 2 is 1.81 bits per heavy atom. The number of esters is 1. The number of aryl methyl sites for hydroxylation is 2. The molecule has 1 amide bonds. The van der Waals surface area contributed by atoms with Gasteiger partial charge in [-0.2, -0.15) is 0 Å². The van der Waals surface area contributed by atoms with Gasteiger partial charge in [0.05, 0.1) is 6.04 Å². The molecule has 0 radical (unpaired) electrons. The normalized spacial score (nSPS) is 15.6. The van der Waals surface area contributed by atoms with Crippen LogP contribution in [0.25, 0.3) is 0 Å². The van der Waals surface area contributed by atoms with Gasteiger partial charge in [-0.25, -0.2) is 4.79 Å². The van der Waals surface area contributed by atoms with Gasteiger partial charge in [0, 0.05) is 7.05 Å². The molecule has 3 rings (SSSR count). The predicted molar refractivity (Wildman–Crippen MR) is 103 cm³/mol. The first-order chi connectivity index (χ1) is 13.0. The minimum absolute atomic E-state index is 0.0324. The molecule has 5 nitrogen and oxygen atoms in total. The van der Waals surface area contributed by atoms with Crippen LogP contribution < -0.4 is 4.74 Å². The standard InChI is InChI=1S/C22H25NO4/c1-16-10-12-18(13-11-16)26-15-22(25)27-14-21(24)23(2)20-9-5-7-17-6-3-4-8-19(17)20/h3-4,6,8,10-13,20H,5,7,9,14-15H2,1-2H3/t20-/m1/s1. The zero-order valence-corrected chi connectivity index (χ0v) is 15.8. The van der Waals surface area contributed by atoms with Crippen molar-refractivity contribution in [3.05, 3.63) is 65.2 Å². The topological polar surface area (TPSA) is 55.8 Å². The molecule has 0 unspecified atom stereocenters. The lowest BCUT2D eigenvalue weighted by Gasteiger charge is -2.33. The van der Waals surface area contributed by atoms with Gasteiger partial charge in [0.1, 0.15) is 5.75 Å². The summed E-state index contributed by atoms with van der Waals surface area (Å²) in [6.07, 6.45) is 3.01. The number of hydrogen-bond acceptors (Lipinski definition) is 4. The van der Waals surface area contributed by atoms with Crippen LogP contribution in [0.3, 0.4) is 0 Å². The number of nitrogens with zero attached hydrogens (tertiary/aromatic N) is 1. The average molecular weight is 367 g/mol. The minimum Gasteiger partial charge on any atom is -0.482 e. The molecule has 0 heterocycles. The van der Waals surface area contributed by atoms with E-state index in [-0.39, 0.29) is 25.2 Å². The highest BCUT2D eigenvalue weighted by Crippen LogP contribution is 2.33. The number of carbonyl (C=O) groups excluding carboxylic acids is 2. The Balaban J connectivity index is 1.49. The van der Waals surface area contributed by atoms with Gasteiger partial charge in [-0.15, -0.1) is 0 Å². The summed E-state index contributed by atoms with van der Waals surface area (Å²) >= 11 is 0. The summed E-state index contributed by atoms with van der Waals surface area (Å²) in [5.74, 6) is -0.165. The number of ether oxygens (including phenoxy) is 2. The van der Waals surface area contributed by atoms with Crippen molar-refractivity contribution in [2.24, 2.45) is 0 Å². The zero-order chi connectivity index (χ0) is 19.2. The van der Waals surface area contributed by atoms with Crippen molar-refractivity contribution in [1.29, 1.82) is 0 Å². The van der Waals surface area contributed by atoms with E-state index in [1.165, 1.54) is 11.1 Å². The summed E-state index contributed by atoms with van der Waals surface area (Å²) in [5, 5.41) is 0. The fourth-order valence-electron chi connectivity index (χ4n) is 3.37. The number of fused-ring (bicyclic) bond motifs is 1. The molecule has 27 heavy (non-hydrogen) atoms. The highest BCUT2D eigenvalue weighted by Gasteiger charge is 2.26. The van der Waals surface area contributed by atoms with E-state index in [0.717, 1.165) is 24.8 Å². The van der Waals surface area contributed by atoms with Crippen LogP contribution in [0.2, 0.25) is 0 Å². The minimum atomic E-state index is -0.554. The number of hydrogen-bond donors (Lipinski definition) is 0. The van der Waals surface area contributed by atoms with Crippen molar-refractivity contribution in [3.63, 3.8) is 0 Å². The second-order valence-electron chi connectivity index (χ2n) is 6.87. The molecule has 0 bridgehead atoms. The van der Waals surface area contributed by atoms with Gasteiger partial charge in [-0.05, 0) is 49.4 Å². The van der Waals surface area contributed by atoms with Gasteiger partial charge >= 0.3 is 5.97 Å². The number of amides is 1. The van der Waals surface area contributed by atoms with Crippen molar-refractivity contribution in [1.82, 2.24) is 4.90 Å². The first-order valence-electron chi connectivity index (χ1n) is 9.23. The molecular formula is C22H25NO4. The van der Waals surface area contributed by atoms with Crippen molar-refractivity contribution in [2.45, 2.75) is 32.2 Å². The third kappa shape index (κ3) is 4.88. The number of carbonyl (C=O) groups is 2. The van der Waals surface area contributed by atoms with Gasteiger partial charge < -0.3 is 14.4 Å². The van der Waals surface area contributed by atoms with Crippen molar-refractivity contribution in [3.8, 4) is 5.75 Å². The molecule has 0 aliphatic heterocycles. The number of likely N-dealkylation sites (N-methyl/N-ethyl adjacent to an activating group) is 1. The summed E-state index contributed by atoms with van der Waals surface area (Å²) in [7, 11) is 1.77. The highest BCUT2D eigenvalue weighted by atomic mass is 16.6. The molecule has 142 valence electrons. The Morgan fingerprint density at radius 1 is 1.07 bits per heavy atom. The lowest BCUT2D eigenvalue weighted by atomic mass is 9.87. The summed E-state index contributed by atoms with van der Waals surface area (Å²) in [6.45, 7) is 1.49. The van der Waals surface area contributed by atoms with Crippen LogP contribution in [0.1, 0.15) is 35.6 Å². The molecule has 0 saturated heterocycles. The second kappa shape index (κ2) is 8.71. The maximum Gasteiger partial charge on any atom is 0.344 e. The Labute approximate surface area is 159 Å². The van der Waals surface area contributed by atoms with Gasteiger partial charge in [0.25, 0.3) is 5.91 Å². The van der Waals surface area contributed by atoms with E-state index < -0.39 is 5.97 Å². The summed E-state index contributed by atoms with van der Waals surface area (Å²) in [6, 6.07) is 15.6. The third-order valence-corrected chi connectivity index (χ3v) is 4.93. The van der Waals surface area contributed by atoms with E-state index in [1.54, 1.807) is 24.1 Å². The largest absolute Gasteiger partial charge is 0.482 e. The van der Waals surface area contributed by atoms with Crippen LogP contribution in [0, 0.1) is 6.92 Å². The van der Waals surface area contributed by atoms with E-state index in [1.807, 2.05) is 31.2 Å². The molecule has 1 aliphatic carbocycles. The number of benzene rings is 2. The molecule has 0 N–H and O–H groups in total. The molecule has 2 aromatic rings. The summed E-state index contributed by atoms with van der Waals surface area (Å²) in [5.41, 5.74) is 3.59. The fourth-order valence-corrected chi connectivity index (χ4v) is 3.37. The number of rotatable bonds is 6. The Kier molecular flexibility index (Phi) is 6.12. The first kappa shape index (κ1) is 19.0. The fraction of sp³-hybridized carbons (Fsp3) is 0.364. The van der Waals surface area contributed by atoms with Crippen LogP contribution in [-0.4, -0.2) is 37.0 Å². The molecular weight excluding hydrogens is 342 g/mol. The quantitative estimate of drug-likeness (QED) is 0.734. The second-order valence-corrected chi connectivity index (χ2v) is 6.87. The van der Waals surface area contributed by atoms with Crippen LogP contribution in [-0.2, 0) is 20.7 Å². The molecule has 0 fully saturated rings. The molecule has 1 atom stereocenters. The van der Waals surface area contributed by atoms with E-state index in [0.29, 0.717) is 5.75 Å². The predicted octanol–water partition coefficient (Wildman–Crippen LogP) is 3.45. The van der Waals surface area contributed by atoms with Crippen molar-refractivity contribution >= 4 is 11.9 Å². The van der Waals surface area contributed by atoms with Crippen LogP contribution in [0.5, 0.6) is 5.75 Å². The molecule has 0 aromatic heterocycles. The lowest BCUT2D eigenvalue weighted by Crippen LogP contribution is -2.36. The maximum absolute atomic E-state index is 12.5. The Hall–Kier alpha value is -2.82.